The average Bonchev–Trinajstić information content (AvgIpc) is 2.80. The number of benzene rings is 2. The van der Waals surface area contributed by atoms with Gasteiger partial charge in [0.25, 0.3) is 0 Å². The Morgan fingerprint density at radius 1 is 1.11 bits per heavy atom. The monoisotopic (exact) mass is 547 g/mol. The number of amides is 2. The first-order chi connectivity index (χ1) is 16.8. The SMILES string of the molecule is CCCNC(=O)[C@@H](C)N(CCc1ccccc1)C(=O)CN(c1ccc(Cl)c(C(F)(F)F)c1)S(C)(=O)=O. The van der Waals surface area contributed by atoms with Gasteiger partial charge in [-0.05, 0) is 43.5 Å². The number of anilines is 1. The molecule has 7 nitrogen and oxygen atoms in total. The van der Waals surface area contributed by atoms with E-state index in [9.17, 15) is 31.2 Å². The van der Waals surface area contributed by atoms with Crippen molar-refractivity contribution in [3.63, 3.8) is 0 Å². The van der Waals surface area contributed by atoms with Gasteiger partial charge in [0.2, 0.25) is 21.8 Å². The highest BCUT2D eigenvalue weighted by Crippen LogP contribution is 2.37. The Morgan fingerprint density at radius 2 is 1.75 bits per heavy atom. The lowest BCUT2D eigenvalue weighted by Crippen LogP contribution is -2.52. The van der Waals surface area contributed by atoms with Crippen LogP contribution in [0.3, 0.4) is 0 Å². The largest absolute Gasteiger partial charge is 0.417 e. The Morgan fingerprint density at radius 3 is 2.31 bits per heavy atom. The zero-order valence-electron chi connectivity index (χ0n) is 20.2. The maximum atomic E-state index is 13.4. The van der Waals surface area contributed by atoms with E-state index in [0.717, 1.165) is 24.0 Å². The Kier molecular flexibility index (Phi) is 10.2. The second kappa shape index (κ2) is 12.4. The quantitative estimate of drug-likeness (QED) is 0.459. The molecular weight excluding hydrogens is 519 g/mol. The van der Waals surface area contributed by atoms with Crippen LogP contribution in [-0.2, 0) is 32.2 Å². The van der Waals surface area contributed by atoms with Crippen LogP contribution >= 0.6 is 11.6 Å². The summed E-state index contributed by atoms with van der Waals surface area (Å²) in [4.78, 5) is 27.2. The average molecular weight is 548 g/mol. The summed E-state index contributed by atoms with van der Waals surface area (Å²) in [6.45, 7) is 3.08. The molecule has 0 saturated heterocycles. The molecule has 0 radical (unpaired) electrons. The Hall–Kier alpha value is -2.79. The van der Waals surface area contributed by atoms with Gasteiger partial charge in [-0.25, -0.2) is 8.42 Å². The zero-order valence-corrected chi connectivity index (χ0v) is 21.8. The first-order valence-electron chi connectivity index (χ1n) is 11.2. The lowest BCUT2D eigenvalue weighted by atomic mass is 10.1. The van der Waals surface area contributed by atoms with Gasteiger partial charge in [0, 0.05) is 13.1 Å². The van der Waals surface area contributed by atoms with E-state index in [-0.39, 0.29) is 12.2 Å². The van der Waals surface area contributed by atoms with E-state index in [2.05, 4.69) is 5.32 Å². The first kappa shape index (κ1) is 29.4. The van der Waals surface area contributed by atoms with Gasteiger partial charge >= 0.3 is 6.18 Å². The number of nitrogens with zero attached hydrogens (tertiary/aromatic N) is 2. The van der Waals surface area contributed by atoms with E-state index < -0.39 is 51.2 Å². The molecule has 2 rings (SSSR count). The molecule has 1 N–H and O–H groups in total. The highest BCUT2D eigenvalue weighted by molar-refractivity contribution is 7.92. The van der Waals surface area contributed by atoms with Crippen molar-refractivity contribution in [2.24, 2.45) is 0 Å². The van der Waals surface area contributed by atoms with Gasteiger partial charge in [-0.3, -0.25) is 13.9 Å². The van der Waals surface area contributed by atoms with Crippen LogP contribution < -0.4 is 9.62 Å². The number of halogens is 4. The third-order valence-electron chi connectivity index (χ3n) is 5.42. The fraction of sp³-hybridized carbons (Fsp3) is 0.417. The maximum Gasteiger partial charge on any atom is 0.417 e. The summed E-state index contributed by atoms with van der Waals surface area (Å²) in [5.74, 6) is -1.16. The molecule has 2 amide bonds. The fourth-order valence-corrected chi connectivity index (χ4v) is 4.53. The van der Waals surface area contributed by atoms with Gasteiger partial charge in [0.1, 0.15) is 12.6 Å². The predicted molar refractivity (Wildman–Crippen MR) is 133 cm³/mol. The van der Waals surface area contributed by atoms with E-state index in [1.165, 1.54) is 11.8 Å². The van der Waals surface area contributed by atoms with Crippen LogP contribution in [0.25, 0.3) is 0 Å². The standard InChI is InChI=1S/C24H29ClF3N3O4S/c1-4-13-29-23(33)17(2)30(14-12-18-8-6-5-7-9-18)22(32)16-31(36(3,34)35)19-10-11-21(25)20(15-19)24(26,27)28/h5-11,15,17H,4,12-14,16H2,1-3H3,(H,29,33)/t17-/m1/s1. The van der Waals surface area contributed by atoms with Crippen molar-refractivity contribution < 1.29 is 31.2 Å². The molecule has 0 bridgehead atoms. The molecule has 2 aromatic rings. The van der Waals surface area contributed by atoms with Crippen LogP contribution in [0.15, 0.2) is 48.5 Å². The first-order valence-corrected chi connectivity index (χ1v) is 13.4. The van der Waals surface area contributed by atoms with Gasteiger partial charge in [0.05, 0.1) is 22.5 Å². The highest BCUT2D eigenvalue weighted by atomic mass is 35.5. The molecule has 0 aliphatic carbocycles. The van der Waals surface area contributed by atoms with Crippen molar-refractivity contribution in [1.29, 1.82) is 0 Å². The van der Waals surface area contributed by atoms with Gasteiger partial charge < -0.3 is 10.2 Å². The Bertz CT molecular complexity index is 1160. The normalized spacial score (nSPS) is 12.6. The van der Waals surface area contributed by atoms with E-state index in [0.29, 0.717) is 29.8 Å². The van der Waals surface area contributed by atoms with Gasteiger partial charge in [-0.1, -0.05) is 48.9 Å². The molecule has 0 fully saturated rings. The fourth-order valence-electron chi connectivity index (χ4n) is 3.47. The molecule has 0 heterocycles. The summed E-state index contributed by atoms with van der Waals surface area (Å²) in [7, 11) is -4.17. The van der Waals surface area contributed by atoms with E-state index in [1.807, 2.05) is 37.3 Å². The van der Waals surface area contributed by atoms with E-state index >= 15 is 0 Å². The molecule has 0 spiro atoms. The number of rotatable bonds is 11. The van der Waals surface area contributed by atoms with Gasteiger partial charge in [-0.15, -0.1) is 0 Å². The van der Waals surface area contributed by atoms with Crippen LogP contribution in [-0.4, -0.2) is 57.1 Å². The summed E-state index contributed by atoms with van der Waals surface area (Å²) in [5, 5.41) is 2.11. The second-order valence-electron chi connectivity index (χ2n) is 8.22. The van der Waals surface area contributed by atoms with Crippen LogP contribution in [0.4, 0.5) is 18.9 Å². The molecule has 0 saturated carbocycles. The third-order valence-corrected chi connectivity index (χ3v) is 6.89. The maximum absolute atomic E-state index is 13.4. The van der Waals surface area contributed by atoms with Gasteiger partial charge in [0.15, 0.2) is 0 Å². The molecule has 0 unspecified atom stereocenters. The minimum absolute atomic E-state index is 0.0928. The number of hydrogen-bond donors (Lipinski definition) is 1. The van der Waals surface area contributed by atoms with Gasteiger partial charge in [-0.2, -0.15) is 13.2 Å². The van der Waals surface area contributed by atoms with Crippen LogP contribution in [0.2, 0.25) is 5.02 Å². The third kappa shape index (κ3) is 8.12. The number of hydrogen-bond acceptors (Lipinski definition) is 4. The topological polar surface area (TPSA) is 86.8 Å². The van der Waals surface area contributed by atoms with Crippen molar-refractivity contribution in [2.45, 2.75) is 38.9 Å². The smallest absolute Gasteiger partial charge is 0.354 e. The molecule has 36 heavy (non-hydrogen) atoms. The van der Waals surface area contributed by atoms with Crippen molar-refractivity contribution >= 4 is 39.1 Å². The molecule has 1 atom stereocenters. The number of carbonyl (C=O) groups is 2. The molecule has 12 heteroatoms. The second-order valence-corrected chi connectivity index (χ2v) is 10.5. The summed E-state index contributed by atoms with van der Waals surface area (Å²) >= 11 is 5.67. The Labute approximate surface area is 214 Å². The summed E-state index contributed by atoms with van der Waals surface area (Å²) < 4.78 is 65.7. The van der Waals surface area contributed by atoms with Crippen molar-refractivity contribution in [2.75, 3.05) is 30.2 Å². The lowest BCUT2D eigenvalue weighted by molar-refractivity contribution is -0.138. The minimum atomic E-state index is -4.83. The summed E-state index contributed by atoms with van der Waals surface area (Å²) in [5.41, 5.74) is -0.700. The molecule has 0 aromatic heterocycles. The predicted octanol–water partition coefficient (Wildman–Crippen LogP) is 4.11. The van der Waals surface area contributed by atoms with Crippen molar-refractivity contribution in [3.8, 4) is 0 Å². The van der Waals surface area contributed by atoms with Crippen LogP contribution in [0.5, 0.6) is 0 Å². The van der Waals surface area contributed by atoms with E-state index in [1.54, 1.807) is 0 Å². The van der Waals surface area contributed by atoms with Crippen molar-refractivity contribution in [1.82, 2.24) is 10.2 Å². The molecule has 2 aromatic carbocycles. The zero-order chi connectivity index (χ0) is 27.1. The minimum Gasteiger partial charge on any atom is -0.354 e. The number of alkyl halides is 3. The lowest BCUT2D eigenvalue weighted by Gasteiger charge is -2.31. The van der Waals surface area contributed by atoms with E-state index in [4.69, 9.17) is 11.6 Å². The summed E-state index contributed by atoms with van der Waals surface area (Å²) in [6, 6.07) is 10.8. The highest BCUT2D eigenvalue weighted by Gasteiger charge is 2.35. The molecule has 0 aliphatic rings. The molecule has 0 aliphatic heterocycles. The number of sulfonamides is 1. The van der Waals surface area contributed by atoms with Crippen LogP contribution in [0, 0.1) is 0 Å². The summed E-state index contributed by atoms with van der Waals surface area (Å²) in [6.07, 6.45) is -2.98. The molecular formula is C24H29ClF3N3O4S. The van der Waals surface area contributed by atoms with Crippen molar-refractivity contribution in [3.05, 3.63) is 64.7 Å². The Balaban J connectivity index is 2.39. The number of nitrogens with one attached hydrogen (secondary N) is 1. The van der Waals surface area contributed by atoms with Crippen LogP contribution in [0.1, 0.15) is 31.4 Å². The number of carbonyl (C=O) groups excluding carboxylic acids is 2. The molecule has 198 valence electrons.